The van der Waals surface area contributed by atoms with Crippen LogP contribution >= 0.6 is 0 Å². The summed E-state index contributed by atoms with van der Waals surface area (Å²) in [5, 5.41) is 7.98. The van der Waals surface area contributed by atoms with E-state index in [9.17, 15) is 4.79 Å². The highest BCUT2D eigenvalue weighted by Crippen LogP contribution is 2.19. The average molecular weight is 201 g/mol. The largest absolute Gasteiger partial charge is 0.342 e. The summed E-state index contributed by atoms with van der Waals surface area (Å²) in [7, 11) is 0. The maximum Gasteiger partial charge on any atom is 0.342 e. The van der Waals surface area contributed by atoms with Crippen LogP contribution in [0, 0.1) is 0 Å². The molecule has 0 spiro atoms. The molecule has 1 aromatic heterocycles. The molecule has 1 aromatic carbocycles. The Hall–Kier alpha value is -1.84. The van der Waals surface area contributed by atoms with Gasteiger partial charge in [0, 0.05) is 11.4 Å². The van der Waals surface area contributed by atoms with E-state index in [0.717, 1.165) is 23.7 Å². The molecule has 0 bridgehead atoms. The minimum absolute atomic E-state index is 0.126. The lowest BCUT2D eigenvalue weighted by molar-refractivity contribution is 0.240. The van der Waals surface area contributed by atoms with Crippen molar-refractivity contribution in [1.29, 1.82) is 0 Å². The number of benzene rings is 1. The van der Waals surface area contributed by atoms with Gasteiger partial charge in [-0.25, -0.2) is 4.79 Å². The summed E-state index contributed by atoms with van der Waals surface area (Å²) in [4.78, 5) is 11.8. The zero-order chi connectivity index (χ0) is 10.3. The number of para-hydroxylation sites is 1. The molecular formula is C11H11N3O. The predicted molar refractivity (Wildman–Crippen MR) is 56.7 cm³/mol. The lowest BCUT2D eigenvalue weighted by Gasteiger charge is -2.03. The van der Waals surface area contributed by atoms with Gasteiger partial charge in [0.1, 0.15) is 0 Å². The third kappa shape index (κ3) is 1.48. The molecule has 1 amide bonds. The Balaban J connectivity index is 1.98. The van der Waals surface area contributed by atoms with Gasteiger partial charge in [0.25, 0.3) is 0 Å². The number of nitrogens with one attached hydrogen (secondary N) is 1. The number of amides is 1. The third-order valence-corrected chi connectivity index (χ3v) is 2.57. The zero-order valence-electron chi connectivity index (χ0n) is 8.18. The molecule has 1 aliphatic carbocycles. The fraction of sp³-hybridized carbons (Fsp3) is 0.273. The maximum absolute atomic E-state index is 11.8. The average Bonchev–Trinajstić information content (AvgIpc) is 2.96. The molecular weight excluding hydrogens is 190 g/mol. The van der Waals surface area contributed by atoms with Crippen molar-refractivity contribution in [1.82, 2.24) is 15.1 Å². The van der Waals surface area contributed by atoms with Crippen LogP contribution in [-0.2, 0) is 0 Å². The van der Waals surface area contributed by atoms with Gasteiger partial charge in [-0.05, 0) is 18.9 Å². The second kappa shape index (κ2) is 3.08. The van der Waals surface area contributed by atoms with Crippen LogP contribution in [0.4, 0.5) is 4.79 Å². The van der Waals surface area contributed by atoms with Gasteiger partial charge < -0.3 is 5.32 Å². The van der Waals surface area contributed by atoms with Gasteiger partial charge in [0.2, 0.25) is 0 Å². The van der Waals surface area contributed by atoms with Crippen LogP contribution in [0.25, 0.3) is 10.9 Å². The predicted octanol–water partition coefficient (Wildman–Crippen LogP) is 1.76. The van der Waals surface area contributed by atoms with Crippen LogP contribution < -0.4 is 5.32 Å². The van der Waals surface area contributed by atoms with Gasteiger partial charge in [-0.2, -0.15) is 9.78 Å². The Kier molecular flexibility index (Phi) is 1.74. The number of hydrogen-bond acceptors (Lipinski definition) is 2. The Labute approximate surface area is 86.9 Å². The Morgan fingerprint density at radius 1 is 1.40 bits per heavy atom. The Bertz CT molecular complexity index is 513. The van der Waals surface area contributed by atoms with Crippen LogP contribution in [0.15, 0.2) is 30.5 Å². The number of fused-ring (bicyclic) bond motifs is 1. The van der Waals surface area contributed by atoms with Crippen molar-refractivity contribution in [2.45, 2.75) is 18.9 Å². The third-order valence-electron chi connectivity index (χ3n) is 2.57. The molecule has 0 unspecified atom stereocenters. The summed E-state index contributed by atoms with van der Waals surface area (Å²) in [5.74, 6) is 0. The van der Waals surface area contributed by atoms with E-state index in [4.69, 9.17) is 0 Å². The Morgan fingerprint density at radius 3 is 3.00 bits per heavy atom. The molecule has 15 heavy (non-hydrogen) atoms. The molecule has 2 aromatic rings. The van der Waals surface area contributed by atoms with Crippen molar-refractivity contribution in [3.8, 4) is 0 Å². The second-order valence-electron chi connectivity index (χ2n) is 3.84. The van der Waals surface area contributed by atoms with E-state index >= 15 is 0 Å². The molecule has 1 heterocycles. The number of carbonyl (C=O) groups excluding carboxylic acids is 1. The first-order chi connectivity index (χ1) is 7.34. The van der Waals surface area contributed by atoms with Crippen molar-refractivity contribution in [3.05, 3.63) is 30.5 Å². The van der Waals surface area contributed by atoms with Crippen molar-refractivity contribution in [2.24, 2.45) is 0 Å². The van der Waals surface area contributed by atoms with E-state index in [1.165, 1.54) is 4.68 Å². The highest BCUT2D eigenvalue weighted by molar-refractivity contribution is 5.89. The topological polar surface area (TPSA) is 46.9 Å². The highest BCUT2D eigenvalue weighted by atomic mass is 16.2. The summed E-state index contributed by atoms with van der Waals surface area (Å²) in [6.45, 7) is 0. The molecule has 0 saturated heterocycles. The normalized spacial score (nSPS) is 15.5. The number of aromatic nitrogens is 2. The molecule has 4 nitrogen and oxygen atoms in total. The van der Waals surface area contributed by atoms with Gasteiger partial charge >= 0.3 is 6.03 Å². The quantitative estimate of drug-likeness (QED) is 0.764. The SMILES string of the molecule is O=C(NC1CC1)n1ncc2ccccc21. The van der Waals surface area contributed by atoms with E-state index in [0.29, 0.717) is 6.04 Å². The molecule has 3 rings (SSSR count). The van der Waals surface area contributed by atoms with E-state index < -0.39 is 0 Å². The summed E-state index contributed by atoms with van der Waals surface area (Å²) in [6, 6.07) is 7.93. The lowest BCUT2D eigenvalue weighted by atomic mass is 10.3. The smallest absolute Gasteiger partial charge is 0.333 e. The molecule has 4 heteroatoms. The van der Waals surface area contributed by atoms with Gasteiger partial charge in [0.15, 0.2) is 0 Å². The summed E-state index contributed by atoms with van der Waals surface area (Å²) in [6.07, 6.45) is 3.89. The van der Waals surface area contributed by atoms with Crippen molar-refractivity contribution in [2.75, 3.05) is 0 Å². The van der Waals surface area contributed by atoms with Crippen molar-refractivity contribution >= 4 is 16.9 Å². The minimum atomic E-state index is -0.126. The van der Waals surface area contributed by atoms with Crippen LogP contribution in [0.3, 0.4) is 0 Å². The van der Waals surface area contributed by atoms with E-state index in [2.05, 4.69) is 10.4 Å². The van der Waals surface area contributed by atoms with Gasteiger partial charge in [0.05, 0.1) is 11.7 Å². The summed E-state index contributed by atoms with van der Waals surface area (Å²) >= 11 is 0. The second-order valence-corrected chi connectivity index (χ2v) is 3.84. The van der Waals surface area contributed by atoms with Crippen LogP contribution in [0.1, 0.15) is 12.8 Å². The van der Waals surface area contributed by atoms with Gasteiger partial charge in [-0.1, -0.05) is 18.2 Å². The standard InChI is InChI=1S/C11H11N3O/c15-11(13-9-5-6-9)14-10-4-2-1-3-8(10)7-12-14/h1-4,7,9H,5-6H2,(H,13,15). The number of hydrogen-bond donors (Lipinski definition) is 1. The van der Waals surface area contributed by atoms with E-state index in [-0.39, 0.29) is 6.03 Å². The Morgan fingerprint density at radius 2 is 2.20 bits per heavy atom. The van der Waals surface area contributed by atoms with Crippen LogP contribution in [0.5, 0.6) is 0 Å². The first kappa shape index (κ1) is 8.47. The highest BCUT2D eigenvalue weighted by Gasteiger charge is 2.24. The molecule has 0 radical (unpaired) electrons. The lowest BCUT2D eigenvalue weighted by Crippen LogP contribution is -2.30. The minimum Gasteiger partial charge on any atom is -0.333 e. The van der Waals surface area contributed by atoms with Crippen LogP contribution in [0.2, 0.25) is 0 Å². The van der Waals surface area contributed by atoms with Gasteiger partial charge in [-0.3, -0.25) is 0 Å². The molecule has 1 aliphatic rings. The first-order valence-electron chi connectivity index (χ1n) is 5.08. The zero-order valence-corrected chi connectivity index (χ0v) is 8.18. The molecule has 0 aliphatic heterocycles. The van der Waals surface area contributed by atoms with Crippen molar-refractivity contribution < 1.29 is 4.79 Å². The number of nitrogens with zero attached hydrogens (tertiary/aromatic N) is 2. The number of rotatable bonds is 1. The fourth-order valence-electron chi connectivity index (χ4n) is 1.60. The van der Waals surface area contributed by atoms with Crippen LogP contribution in [-0.4, -0.2) is 21.9 Å². The molecule has 76 valence electrons. The summed E-state index contributed by atoms with van der Waals surface area (Å²) < 4.78 is 1.42. The molecule has 1 fully saturated rings. The van der Waals surface area contributed by atoms with E-state index in [1.54, 1.807) is 6.20 Å². The van der Waals surface area contributed by atoms with Crippen molar-refractivity contribution in [3.63, 3.8) is 0 Å². The maximum atomic E-state index is 11.8. The number of carbonyl (C=O) groups is 1. The first-order valence-corrected chi connectivity index (χ1v) is 5.08. The monoisotopic (exact) mass is 201 g/mol. The molecule has 0 atom stereocenters. The summed E-state index contributed by atoms with van der Waals surface area (Å²) in [5.41, 5.74) is 0.857. The van der Waals surface area contributed by atoms with E-state index in [1.807, 2.05) is 24.3 Å². The fourth-order valence-corrected chi connectivity index (χ4v) is 1.60. The molecule has 1 saturated carbocycles. The van der Waals surface area contributed by atoms with Gasteiger partial charge in [-0.15, -0.1) is 0 Å². The molecule has 1 N–H and O–H groups in total.